The van der Waals surface area contributed by atoms with Gasteiger partial charge in [0.1, 0.15) is 5.75 Å². The Morgan fingerprint density at radius 3 is 2.61 bits per heavy atom. The van der Waals surface area contributed by atoms with Crippen LogP contribution in [0, 0.1) is 13.8 Å². The third kappa shape index (κ3) is 4.58. The number of benzene rings is 1. The van der Waals surface area contributed by atoms with E-state index < -0.39 is 0 Å². The van der Waals surface area contributed by atoms with E-state index in [-0.39, 0.29) is 24.5 Å². The van der Waals surface area contributed by atoms with Crippen LogP contribution in [0.2, 0.25) is 0 Å². The van der Waals surface area contributed by atoms with Crippen molar-refractivity contribution >= 4 is 11.7 Å². The molecule has 1 heterocycles. The topological polar surface area (TPSA) is 68.3 Å². The van der Waals surface area contributed by atoms with Crippen LogP contribution in [0.4, 0.5) is 0 Å². The van der Waals surface area contributed by atoms with E-state index in [1.54, 1.807) is 13.3 Å². The summed E-state index contributed by atoms with van der Waals surface area (Å²) in [6.45, 7) is 4.20. The molecule has 5 nitrogen and oxygen atoms in total. The molecule has 1 aliphatic carbocycles. The summed E-state index contributed by atoms with van der Waals surface area (Å²) in [5.74, 6) is 0.670. The molecule has 1 N–H and O–H groups in total. The highest BCUT2D eigenvalue weighted by molar-refractivity contribution is 5.98. The second-order valence-electron chi connectivity index (χ2n) is 7.44. The van der Waals surface area contributed by atoms with Gasteiger partial charge in [0.15, 0.2) is 5.78 Å². The molecule has 0 bridgehead atoms. The minimum Gasteiger partial charge on any atom is -0.496 e. The van der Waals surface area contributed by atoms with Gasteiger partial charge in [0, 0.05) is 35.7 Å². The first-order valence-corrected chi connectivity index (χ1v) is 9.90. The Morgan fingerprint density at radius 1 is 1.11 bits per heavy atom. The maximum atomic E-state index is 12.5. The van der Waals surface area contributed by atoms with Gasteiger partial charge in [0.05, 0.1) is 19.3 Å². The van der Waals surface area contributed by atoms with Gasteiger partial charge in [0.2, 0.25) is 5.91 Å². The van der Waals surface area contributed by atoms with Gasteiger partial charge in [-0.3, -0.25) is 14.6 Å². The molecule has 0 radical (unpaired) electrons. The number of amides is 1. The molecule has 2 aromatic rings. The van der Waals surface area contributed by atoms with Gasteiger partial charge in [-0.2, -0.15) is 0 Å². The number of carbonyl (C=O) groups excluding carboxylic acids is 2. The van der Waals surface area contributed by atoms with Crippen molar-refractivity contribution in [3.63, 3.8) is 0 Å². The van der Waals surface area contributed by atoms with Crippen LogP contribution >= 0.6 is 0 Å². The Hall–Kier alpha value is -2.69. The molecule has 0 saturated carbocycles. The number of nitrogens with one attached hydrogen (secondary N) is 1. The lowest BCUT2D eigenvalue weighted by Crippen LogP contribution is -2.24. The van der Waals surface area contributed by atoms with Crippen LogP contribution in [0.5, 0.6) is 5.75 Å². The molecule has 3 rings (SSSR count). The number of aromatic nitrogens is 1. The maximum absolute atomic E-state index is 12.5. The number of hydrogen-bond donors (Lipinski definition) is 1. The van der Waals surface area contributed by atoms with E-state index in [1.165, 1.54) is 24.0 Å². The van der Waals surface area contributed by atoms with Crippen LogP contribution in [0.3, 0.4) is 0 Å². The fourth-order valence-electron chi connectivity index (χ4n) is 3.80. The van der Waals surface area contributed by atoms with Gasteiger partial charge < -0.3 is 10.1 Å². The van der Waals surface area contributed by atoms with Gasteiger partial charge in [-0.25, -0.2) is 0 Å². The summed E-state index contributed by atoms with van der Waals surface area (Å²) in [5.41, 5.74) is 6.03. The largest absolute Gasteiger partial charge is 0.496 e. The number of aryl methyl sites for hydroxylation is 3. The molecule has 0 atom stereocenters. The third-order valence-corrected chi connectivity index (χ3v) is 5.45. The van der Waals surface area contributed by atoms with E-state index in [0.29, 0.717) is 12.1 Å². The fraction of sp³-hybridized carbons (Fsp3) is 0.435. The summed E-state index contributed by atoms with van der Waals surface area (Å²) in [5, 5.41) is 2.86. The zero-order valence-electron chi connectivity index (χ0n) is 16.9. The Morgan fingerprint density at radius 2 is 1.86 bits per heavy atom. The second-order valence-corrected chi connectivity index (χ2v) is 7.44. The molecule has 1 amide bonds. The van der Waals surface area contributed by atoms with Crippen LogP contribution in [0.1, 0.15) is 64.0 Å². The molecule has 0 unspecified atom stereocenters. The molecule has 28 heavy (non-hydrogen) atoms. The summed E-state index contributed by atoms with van der Waals surface area (Å²) in [4.78, 5) is 29.1. The summed E-state index contributed by atoms with van der Waals surface area (Å²) < 4.78 is 5.39. The Balaban J connectivity index is 1.53. The predicted molar refractivity (Wildman–Crippen MR) is 109 cm³/mol. The normalized spacial score (nSPS) is 13.0. The summed E-state index contributed by atoms with van der Waals surface area (Å²) >= 11 is 0. The van der Waals surface area contributed by atoms with Crippen LogP contribution in [-0.2, 0) is 24.2 Å². The van der Waals surface area contributed by atoms with Gasteiger partial charge in [0.25, 0.3) is 0 Å². The first kappa shape index (κ1) is 20.1. The zero-order chi connectivity index (χ0) is 20.1. The number of Topliss-reactive ketones (excluding diaryl/α,β-unsaturated/α-hetero) is 1. The summed E-state index contributed by atoms with van der Waals surface area (Å²) in [7, 11) is 1.63. The van der Waals surface area contributed by atoms with Crippen molar-refractivity contribution in [1.82, 2.24) is 10.3 Å². The van der Waals surface area contributed by atoms with Crippen LogP contribution in [0.15, 0.2) is 24.4 Å². The molecule has 148 valence electrons. The monoisotopic (exact) mass is 380 g/mol. The lowest BCUT2D eigenvalue weighted by Gasteiger charge is -2.16. The molecular formula is C23H28N2O3. The second kappa shape index (κ2) is 9.00. The zero-order valence-corrected chi connectivity index (χ0v) is 16.9. The molecule has 0 spiro atoms. The Bertz CT molecular complexity index is 890. The van der Waals surface area contributed by atoms with Crippen LogP contribution in [-0.4, -0.2) is 23.8 Å². The van der Waals surface area contributed by atoms with Gasteiger partial charge in [-0.05, 0) is 56.7 Å². The number of ether oxygens (including phenoxy) is 1. The molecule has 1 aromatic carbocycles. The fourth-order valence-corrected chi connectivity index (χ4v) is 3.80. The van der Waals surface area contributed by atoms with E-state index in [2.05, 4.69) is 16.4 Å². The maximum Gasteiger partial charge on any atom is 0.220 e. The smallest absolute Gasteiger partial charge is 0.220 e. The highest BCUT2D eigenvalue weighted by Crippen LogP contribution is 2.24. The molecule has 5 heteroatoms. The minimum absolute atomic E-state index is 0.0230. The Labute approximate surface area is 166 Å². The number of methoxy groups -OCH3 is 1. The van der Waals surface area contributed by atoms with Crippen molar-refractivity contribution < 1.29 is 14.3 Å². The van der Waals surface area contributed by atoms with Gasteiger partial charge in [-0.1, -0.05) is 12.1 Å². The number of fused-ring (bicyclic) bond motifs is 1. The SMILES string of the molecule is COc1c(C)cnc(CNC(=O)CCC(=O)c2ccc3c(c2)CCCC3)c1C. The standard InChI is InChI=1S/C23H28N2O3/c1-15-13-24-20(16(2)23(15)28-3)14-25-22(27)11-10-21(26)19-9-8-17-6-4-5-7-18(17)12-19/h8-9,12-13H,4-7,10-11,14H2,1-3H3,(H,25,27). The molecule has 0 aliphatic heterocycles. The number of hydrogen-bond acceptors (Lipinski definition) is 4. The van der Waals surface area contributed by atoms with Crippen molar-refractivity contribution in [1.29, 1.82) is 0 Å². The molecule has 1 aliphatic rings. The third-order valence-electron chi connectivity index (χ3n) is 5.45. The first-order chi connectivity index (χ1) is 13.5. The predicted octanol–water partition coefficient (Wildman–Crippen LogP) is 3.87. The quantitative estimate of drug-likeness (QED) is 0.741. The van der Waals surface area contributed by atoms with Crippen molar-refractivity contribution in [2.75, 3.05) is 7.11 Å². The van der Waals surface area contributed by atoms with Crippen LogP contribution < -0.4 is 10.1 Å². The average Bonchev–Trinajstić information content (AvgIpc) is 2.71. The van der Waals surface area contributed by atoms with E-state index in [0.717, 1.165) is 35.4 Å². The number of ketones is 1. The highest BCUT2D eigenvalue weighted by atomic mass is 16.5. The molecule has 0 saturated heterocycles. The Kier molecular flexibility index (Phi) is 6.45. The number of pyridine rings is 1. The van der Waals surface area contributed by atoms with E-state index in [4.69, 9.17) is 4.74 Å². The van der Waals surface area contributed by atoms with E-state index >= 15 is 0 Å². The van der Waals surface area contributed by atoms with Crippen molar-refractivity contribution in [3.05, 3.63) is 57.9 Å². The lowest BCUT2D eigenvalue weighted by atomic mass is 9.89. The van der Waals surface area contributed by atoms with Crippen molar-refractivity contribution in [2.24, 2.45) is 0 Å². The number of nitrogens with zero attached hydrogens (tertiary/aromatic N) is 1. The molecule has 0 fully saturated rings. The summed E-state index contributed by atoms with van der Waals surface area (Å²) in [6.07, 6.45) is 6.69. The lowest BCUT2D eigenvalue weighted by molar-refractivity contribution is -0.121. The van der Waals surface area contributed by atoms with E-state index in [9.17, 15) is 9.59 Å². The van der Waals surface area contributed by atoms with Gasteiger partial charge in [-0.15, -0.1) is 0 Å². The van der Waals surface area contributed by atoms with Crippen molar-refractivity contribution in [2.45, 2.75) is 58.9 Å². The average molecular weight is 380 g/mol. The first-order valence-electron chi connectivity index (χ1n) is 9.90. The number of carbonyl (C=O) groups is 2. The summed E-state index contributed by atoms with van der Waals surface area (Å²) in [6, 6.07) is 5.98. The highest BCUT2D eigenvalue weighted by Gasteiger charge is 2.15. The molecule has 1 aromatic heterocycles. The van der Waals surface area contributed by atoms with E-state index in [1.807, 2.05) is 26.0 Å². The molecular weight excluding hydrogens is 352 g/mol. The number of rotatable bonds is 7. The van der Waals surface area contributed by atoms with Gasteiger partial charge >= 0.3 is 0 Å². The van der Waals surface area contributed by atoms with Crippen LogP contribution in [0.25, 0.3) is 0 Å². The van der Waals surface area contributed by atoms with Crippen molar-refractivity contribution in [3.8, 4) is 5.75 Å². The minimum atomic E-state index is -0.146.